The highest BCUT2D eigenvalue weighted by molar-refractivity contribution is 6.12. The molecular formula is C32H46N6O2. The molecule has 4 N–H and O–H groups in total. The topological polar surface area (TPSA) is 114 Å². The van der Waals surface area contributed by atoms with Crippen LogP contribution in [0, 0.1) is 22.7 Å². The third kappa shape index (κ3) is 7.00. The molecule has 0 radical (unpaired) electrons. The van der Waals surface area contributed by atoms with Crippen molar-refractivity contribution in [2.45, 2.75) is 83.6 Å². The molecule has 1 amide bonds. The van der Waals surface area contributed by atoms with Crippen molar-refractivity contribution in [3.8, 4) is 0 Å². The zero-order valence-electron chi connectivity index (χ0n) is 24.2. The number of Topliss-reactive ketones (excluding diaryl/α,β-unsaturated/α-hetero) is 1. The van der Waals surface area contributed by atoms with Crippen LogP contribution in [0.15, 0.2) is 36.2 Å². The molecule has 2 saturated carbocycles. The highest BCUT2D eigenvalue weighted by Crippen LogP contribution is 2.59. The average molecular weight is 547 g/mol. The van der Waals surface area contributed by atoms with E-state index in [4.69, 9.17) is 10.4 Å². The molecule has 0 bridgehead atoms. The normalized spacial score (nSPS) is 23.8. The Morgan fingerprint density at radius 2 is 2.02 bits per heavy atom. The number of imidazole rings is 1. The first-order chi connectivity index (χ1) is 19.4. The molecule has 216 valence electrons. The predicted octanol–water partition coefficient (Wildman–Crippen LogP) is 5.08. The summed E-state index contributed by atoms with van der Waals surface area (Å²) in [6.45, 7) is 5.43. The van der Waals surface area contributed by atoms with Crippen LogP contribution >= 0.6 is 0 Å². The van der Waals surface area contributed by atoms with Crippen LogP contribution in [0.1, 0.15) is 95.1 Å². The lowest BCUT2D eigenvalue weighted by molar-refractivity contribution is -0.124. The Balaban J connectivity index is 1.22. The Hall–Kier alpha value is -3.00. The van der Waals surface area contributed by atoms with E-state index in [1.165, 1.54) is 19.4 Å². The van der Waals surface area contributed by atoms with Crippen LogP contribution in [-0.4, -0.2) is 59.0 Å². The van der Waals surface area contributed by atoms with E-state index in [0.29, 0.717) is 24.3 Å². The third-order valence-electron chi connectivity index (χ3n) is 9.32. The van der Waals surface area contributed by atoms with Crippen LogP contribution in [0.2, 0.25) is 0 Å². The number of unbranched alkanes of at least 4 members (excludes halogenated alkanes) is 2. The van der Waals surface area contributed by atoms with E-state index in [9.17, 15) is 9.59 Å². The molecule has 8 heteroatoms. The number of carbonyl (C=O) groups excluding carboxylic acids is 2. The molecule has 8 nitrogen and oxygen atoms in total. The Morgan fingerprint density at radius 1 is 1.23 bits per heavy atom. The molecule has 2 atom stereocenters. The van der Waals surface area contributed by atoms with Gasteiger partial charge in [0.05, 0.1) is 23.6 Å². The maximum Gasteiger partial charge on any atom is 0.224 e. The van der Waals surface area contributed by atoms with Crippen molar-refractivity contribution >= 4 is 23.0 Å². The van der Waals surface area contributed by atoms with E-state index < -0.39 is 0 Å². The smallest absolute Gasteiger partial charge is 0.224 e. The highest BCUT2D eigenvalue weighted by atomic mass is 16.2. The molecule has 40 heavy (non-hydrogen) atoms. The van der Waals surface area contributed by atoms with Gasteiger partial charge in [-0.3, -0.25) is 9.59 Å². The summed E-state index contributed by atoms with van der Waals surface area (Å²) < 4.78 is 0. The number of H-pyrrole nitrogens is 1. The summed E-state index contributed by atoms with van der Waals surface area (Å²) in [5, 5.41) is 14.5. The van der Waals surface area contributed by atoms with Gasteiger partial charge >= 0.3 is 0 Å². The highest BCUT2D eigenvalue weighted by Gasteiger charge is 2.58. The molecule has 3 fully saturated rings. The lowest BCUT2D eigenvalue weighted by Gasteiger charge is -2.33. The molecule has 4 aliphatic rings. The average Bonchev–Trinajstić information content (AvgIpc) is 3.86. The number of aromatic amines is 1. The zero-order chi connectivity index (χ0) is 28.1. The van der Waals surface area contributed by atoms with Crippen molar-refractivity contribution < 1.29 is 9.59 Å². The maximum absolute atomic E-state index is 13.5. The molecule has 1 spiro atoms. The molecule has 1 aliphatic heterocycles. The molecule has 0 aromatic carbocycles. The van der Waals surface area contributed by atoms with Crippen molar-refractivity contribution in [1.82, 2.24) is 25.5 Å². The number of likely N-dealkylation sites (tertiary alicyclic amines) is 1. The van der Waals surface area contributed by atoms with E-state index in [2.05, 4.69) is 20.5 Å². The fourth-order valence-electron chi connectivity index (χ4n) is 6.36. The third-order valence-corrected chi connectivity index (χ3v) is 9.32. The van der Waals surface area contributed by atoms with E-state index in [1.807, 2.05) is 38.5 Å². The van der Waals surface area contributed by atoms with Gasteiger partial charge in [-0.1, -0.05) is 25.8 Å². The molecule has 1 aromatic rings. The SMILES string of the molecule is CCC(=O)CCCCC[C@H](NC(=O)[C@H]1CC12CCN(CC1CC1)CC2)c1ncc(C2=C/C(=C/NC)C(=N)C=C2)[nH]1. The summed E-state index contributed by atoms with van der Waals surface area (Å²) in [5.74, 6) is 2.29. The van der Waals surface area contributed by atoms with Crippen LogP contribution in [0.3, 0.4) is 0 Å². The summed E-state index contributed by atoms with van der Waals surface area (Å²) in [6, 6.07) is -0.186. The first-order valence-electron chi connectivity index (χ1n) is 15.4. The van der Waals surface area contributed by atoms with Gasteiger partial charge in [0, 0.05) is 49.7 Å². The van der Waals surface area contributed by atoms with Gasteiger partial charge in [0.2, 0.25) is 5.91 Å². The fourth-order valence-corrected chi connectivity index (χ4v) is 6.36. The minimum atomic E-state index is -0.186. The van der Waals surface area contributed by atoms with Crippen LogP contribution < -0.4 is 10.6 Å². The monoisotopic (exact) mass is 546 g/mol. The van der Waals surface area contributed by atoms with Crippen LogP contribution in [0.5, 0.6) is 0 Å². The van der Waals surface area contributed by atoms with Crippen molar-refractivity contribution in [1.29, 1.82) is 5.41 Å². The lowest BCUT2D eigenvalue weighted by Crippen LogP contribution is -2.38. The second-order valence-corrected chi connectivity index (χ2v) is 12.3. The minimum Gasteiger partial charge on any atom is -0.393 e. The molecule has 1 saturated heterocycles. The van der Waals surface area contributed by atoms with Crippen molar-refractivity contribution in [2.24, 2.45) is 17.3 Å². The Bertz CT molecular complexity index is 1180. The first-order valence-corrected chi connectivity index (χ1v) is 15.4. The second kappa shape index (κ2) is 12.7. The maximum atomic E-state index is 13.5. The van der Waals surface area contributed by atoms with Crippen molar-refractivity contribution in [2.75, 3.05) is 26.7 Å². The fraction of sp³-hybridized carbons (Fsp3) is 0.625. The zero-order valence-corrected chi connectivity index (χ0v) is 24.2. The number of rotatable bonds is 14. The van der Waals surface area contributed by atoms with Crippen molar-refractivity contribution in [3.05, 3.63) is 47.7 Å². The van der Waals surface area contributed by atoms with E-state index in [0.717, 1.165) is 86.6 Å². The van der Waals surface area contributed by atoms with Crippen LogP contribution in [-0.2, 0) is 9.59 Å². The van der Waals surface area contributed by atoms with Gasteiger partial charge in [-0.25, -0.2) is 4.98 Å². The molecule has 1 aromatic heterocycles. The lowest BCUT2D eigenvalue weighted by atomic mass is 9.90. The number of allylic oxidation sites excluding steroid dienone is 5. The Labute approximate surface area is 238 Å². The number of aromatic nitrogens is 2. The minimum absolute atomic E-state index is 0.110. The molecule has 3 aliphatic carbocycles. The van der Waals surface area contributed by atoms with Gasteiger partial charge < -0.3 is 25.9 Å². The van der Waals surface area contributed by atoms with Gasteiger partial charge in [0.15, 0.2) is 0 Å². The number of nitrogens with one attached hydrogen (secondary N) is 4. The second-order valence-electron chi connectivity index (χ2n) is 12.3. The predicted molar refractivity (Wildman–Crippen MR) is 159 cm³/mol. The van der Waals surface area contributed by atoms with Crippen LogP contribution in [0.25, 0.3) is 5.57 Å². The number of amides is 1. The van der Waals surface area contributed by atoms with Gasteiger partial charge in [-0.2, -0.15) is 0 Å². The van der Waals surface area contributed by atoms with E-state index in [1.54, 1.807) is 6.08 Å². The van der Waals surface area contributed by atoms with E-state index in [-0.39, 0.29) is 23.3 Å². The molecule has 0 unspecified atom stereocenters. The quantitative estimate of drug-likeness (QED) is 0.243. The summed E-state index contributed by atoms with van der Waals surface area (Å²) in [6.07, 6.45) is 20.2. The Morgan fingerprint density at radius 3 is 2.75 bits per heavy atom. The standard InChI is InChI=1S/C32H46N6O2/c1-3-25(39)7-5-4-6-8-28(30-35-20-29(36-30)23-11-12-27(33)24(17-23)19-34-2)37-31(40)26-18-32(26)13-15-38(16-14-32)21-22-9-10-22/h11-12,17,19-20,22,26,28,33-34H,3-10,13-16,18,21H2,1-2H3,(H,35,36)(H,37,40)/b24-19-,33-27?/t26-,28+/m1/s1. The van der Waals surface area contributed by atoms with E-state index >= 15 is 0 Å². The molecular weight excluding hydrogens is 500 g/mol. The number of piperidine rings is 1. The molecule has 5 rings (SSSR count). The summed E-state index contributed by atoms with van der Waals surface area (Å²) in [7, 11) is 1.83. The summed E-state index contributed by atoms with van der Waals surface area (Å²) in [5.41, 5.74) is 3.30. The van der Waals surface area contributed by atoms with Gasteiger partial charge in [-0.15, -0.1) is 0 Å². The Kier molecular flexibility index (Phi) is 9.03. The van der Waals surface area contributed by atoms with Gasteiger partial charge in [0.1, 0.15) is 11.6 Å². The summed E-state index contributed by atoms with van der Waals surface area (Å²) in [4.78, 5) is 36.0. The number of hydrogen-bond acceptors (Lipinski definition) is 6. The number of ketones is 1. The van der Waals surface area contributed by atoms with Crippen LogP contribution in [0.4, 0.5) is 0 Å². The van der Waals surface area contributed by atoms with Gasteiger partial charge in [-0.05, 0) is 81.5 Å². The van der Waals surface area contributed by atoms with Gasteiger partial charge in [0.25, 0.3) is 0 Å². The largest absolute Gasteiger partial charge is 0.393 e. The molecule has 2 heterocycles. The van der Waals surface area contributed by atoms with Crippen molar-refractivity contribution in [3.63, 3.8) is 0 Å². The number of carbonyl (C=O) groups is 2. The number of hydrogen-bond donors (Lipinski definition) is 4. The number of nitrogens with zero attached hydrogens (tertiary/aromatic N) is 2. The summed E-state index contributed by atoms with van der Waals surface area (Å²) >= 11 is 0. The first kappa shape index (κ1) is 28.5.